The first-order valence-corrected chi connectivity index (χ1v) is 7.82. The highest BCUT2D eigenvalue weighted by Gasteiger charge is 2.23. The van der Waals surface area contributed by atoms with Crippen LogP contribution in [0.4, 0.5) is 0 Å². The number of nitrogens with zero attached hydrogens (tertiary/aromatic N) is 2. The summed E-state index contributed by atoms with van der Waals surface area (Å²) >= 11 is 5.92. The molecule has 1 heterocycles. The number of amides is 1. The molecule has 1 saturated heterocycles. The monoisotopic (exact) mass is 309 g/mol. The molecule has 0 radical (unpaired) electrons. The first kappa shape index (κ1) is 16.3. The third-order valence-electron chi connectivity index (χ3n) is 4.01. The largest absolute Gasteiger partial charge is 0.352 e. The lowest BCUT2D eigenvalue weighted by Gasteiger charge is -2.20. The summed E-state index contributed by atoms with van der Waals surface area (Å²) in [7, 11) is 4.23. The molecule has 4 nitrogen and oxygen atoms in total. The summed E-state index contributed by atoms with van der Waals surface area (Å²) in [6.07, 6.45) is 1.75. The van der Waals surface area contributed by atoms with E-state index in [1.807, 2.05) is 24.3 Å². The molecular formula is C16H24ClN3O. The van der Waals surface area contributed by atoms with E-state index in [1.165, 1.54) is 6.42 Å². The van der Waals surface area contributed by atoms with E-state index in [-0.39, 0.29) is 5.91 Å². The van der Waals surface area contributed by atoms with Gasteiger partial charge in [-0.3, -0.25) is 4.79 Å². The lowest BCUT2D eigenvalue weighted by Crippen LogP contribution is -2.33. The summed E-state index contributed by atoms with van der Waals surface area (Å²) in [4.78, 5) is 16.5. The van der Waals surface area contributed by atoms with Crippen molar-refractivity contribution in [1.82, 2.24) is 15.1 Å². The summed E-state index contributed by atoms with van der Waals surface area (Å²) < 4.78 is 0. The molecule has 0 spiro atoms. The zero-order chi connectivity index (χ0) is 15.2. The Labute approximate surface area is 132 Å². The van der Waals surface area contributed by atoms with Crippen molar-refractivity contribution in [3.05, 3.63) is 34.9 Å². The maximum Gasteiger partial charge on any atom is 0.221 e. The van der Waals surface area contributed by atoms with Crippen molar-refractivity contribution >= 4 is 17.5 Å². The summed E-state index contributed by atoms with van der Waals surface area (Å²) in [5.74, 6) is 0.100. The van der Waals surface area contributed by atoms with Crippen molar-refractivity contribution in [2.45, 2.75) is 25.4 Å². The minimum atomic E-state index is 0.100. The van der Waals surface area contributed by atoms with Crippen molar-refractivity contribution in [3.63, 3.8) is 0 Å². The van der Waals surface area contributed by atoms with E-state index < -0.39 is 0 Å². The molecule has 1 N–H and O–H groups in total. The van der Waals surface area contributed by atoms with Gasteiger partial charge in [-0.2, -0.15) is 0 Å². The number of hydrogen-bond donors (Lipinski definition) is 1. The van der Waals surface area contributed by atoms with Crippen molar-refractivity contribution < 1.29 is 4.79 Å². The molecule has 1 aromatic carbocycles. The van der Waals surface area contributed by atoms with Crippen LogP contribution in [-0.2, 0) is 11.3 Å². The van der Waals surface area contributed by atoms with Gasteiger partial charge in [0.05, 0.1) is 0 Å². The van der Waals surface area contributed by atoms with E-state index in [2.05, 4.69) is 29.2 Å². The van der Waals surface area contributed by atoms with Crippen LogP contribution in [0, 0.1) is 0 Å². The van der Waals surface area contributed by atoms with Crippen LogP contribution in [0.15, 0.2) is 24.3 Å². The zero-order valence-corrected chi connectivity index (χ0v) is 13.6. The van der Waals surface area contributed by atoms with Gasteiger partial charge in [-0.1, -0.05) is 23.7 Å². The highest BCUT2D eigenvalue weighted by atomic mass is 35.5. The predicted molar refractivity (Wildman–Crippen MR) is 86.4 cm³/mol. The number of benzene rings is 1. The van der Waals surface area contributed by atoms with Gasteiger partial charge < -0.3 is 15.1 Å². The van der Waals surface area contributed by atoms with Crippen molar-refractivity contribution in [2.24, 2.45) is 0 Å². The van der Waals surface area contributed by atoms with Gasteiger partial charge in [0.1, 0.15) is 0 Å². The maximum atomic E-state index is 11.9. The second kappa shape index (κ2) is 7.78. The Morgan fingerprint density at radius 3 is 2.95 bits per heavy atom. The van der Waals surface area contributed by atoms with Crippen LogP contribution < -0.4 is 5.32 Å². The fourth-order valence-corrected chi connectivity index (χ4v) is 2.85. The molecule has 1 aliphatic heterocycles. The van der Waals surface area contributed by atoms with Gasteiger partial charge in [0.2, 0.25) is 5.91 Å². The SMILES string of the molecule is CN(C)[C@H]1CCN(CCC(=O)NCc2cccc(Cl)c2)C1. The van der Waals surface area contributed by atoms with Gasteiger partial charge >= 0.3 is 0 Å². The lowest BCUT2D eigenvalue weighted by atomic mass is 10.2. The van der Waals surface area contributed by atoms with E-state index in [0.29, 0.717) is 24.0 Å². The first-order chi connectivity index (χ1) is 10.0. The topological polar surface area (TPSA) is 35.6 Å². The van der Waals surface area contributed by atoms with Gasteiger partial charge in [-0.25, -0.2) is 0 Å². The Kier molecular flexibility index (Phi) is 6.03. The number of nitrogens with one attached hydrogen (secondary N) is 1. The minimum Gasteiger partial charge on any atom is -0.352 e. The molecule has 2 rings (SSSR count). The van der Waals surface area contributed by atoms with Crippen LogP contribution in [0.1, 0.15) is 18.4 Å². The average molecular weight is 310 g/mol. The first-order valence-electron chi connectivity index (χ1n) is 7.44. The number of likely N-dealkylation sites (tertiary alicyclic amines) is 1. The average Bonchev–Trinajstić information content (AvgIpc) is 2.92. The number of rotatable bonds is 6. The van der Waals surface area contributed by atoms with Crippen LogP contribution >= 0.6 is 11.6 Å². The molecule has 21 heavy (non-hydrogen) atoms. The Balaban J connectivity index is 1.66. The summed E-state index contributed by atoms with van der Waals surface area (Å²) in [6, 6.07) is 8.20. The van der Waals surface area contributed by atoms with Gasteiger partial charge in [0, 0.05) is 37.1 Å². The summed E-state index contributed by atoms with van der Waals surface area (Å²) in [6.45, 7) is 3.53. The van der Waals surface area contributed by atoms with Gasteiger partial charge in [0.25, 0.3) is 0 Å². The quantitative estimate of drug-likeness (QED) is 0.873. The van der Waals surface area contributed by atoms with Crippen LogP contribution in [0.3, 0.4) is 0 Å². The lowest BCUT2D eigenvalue weighted by molar-refractivity contribution is -0.121. The molecule has 0 bridgehead atoms. The fraction of sp³-hybridized carbons (Fsp3) is 0.562. The van der Waals surface area contributed by atoms with Crippen LogP contribution in [-0.4, -0.2) is 55.5 Å². The van der Waals surface area contributed by atoms with E-state index in [9.17, 15) is 4.79 Å². The van der Waals surface area contributed by atoms with Gasteiger partial charge in [-0.05, 0) is 44.8 Å². The molecule has 0 saturated carbocycles. The molecular weight excluding hydrogens is 286 g/mol. The third-order valence-corrected chi connectivity index (χ3v) is 4.25. The standard InChI is InChI=1S/C16H24ClN3O/c1-19(2)15-6-8-20(12-15)9-7-16(21)18-11-13-4-3-5-14(17)10-13/h3-5,10,15H,6-9,11-12H2,1-2H3,(H,18,21)/t15-/m0/s1. The third kappa shape index (κ3) is 5.30. The van der Waals surface area contributed by atoms with E-state index >= 15 is 0 Å². The molecule has 1 fully saturated rings. The second-order valence-corrected chi connectivity index (χ2v) is 6.30. The van der Waals surface area contributed by atoms with E-state index in [1.54, 1.807) is 0 Å². The summed E-state index contributed by atoms with van der Waals surface area (Å²) in [5.41, 5.74) is 1.03. The van der Waals surface area contributed by atoms with Gasteiger partial charge in [0.15, 0.2) is 0 Å². The van der Waals surface area contributed by atoms with E-state index in [0.717, 1.165) is 25.2 Å². The molecule has 0 aliphatic carbocycles. The Hall–Kier alpha value is -1.10. The predicted octanol–water partition coefficient (Wildman–Crippen LogP) is 1.98. The number of hydrogen-bond acceptors (Lipinski definition) is 3. The Morgan fingerprint density at radius 1 is 1.48 bits per heavy atom. The molecule has 1 atom stereocenters. The van der Waals surface area contributed by atoms with Crippen molar-refractivity contribution in [3.8, 4) is 0 Å². The highest BCUT2D eigenvalue weighted by Crippen LogP contribution is 2.13. The van der Waals surface area contributed by atoms with Crippen LogP contribution in [0.2, 0.25) is 5.02 Å². The maximum absolute atomic E-state index is 11.9. The Morgan fingerprint density at radius 2 is 2.29 bits per heavy atom. The molecule has 0 unspecified atom stereocenters. The smallest absolute Gasteiger partial charge is 0.221 e. The minimum absolute atomic E-state index is 0.100. The number of carbonyl (C=O) groups is 1. The molecule has 5 heteroatoms. The molecule has 116 valence electrons. The molecule has 1 aromatic rings. The fourth-order valence-electron chi connectivity index (χ4n) is 2.63. The number of carbonyl (C=O) groups excluding carboxylic acids is 1. The number of likely N-dealkylation sites (N-methyl/N-ethyl adjacent to an activating group) is 1. The molecule has 0 aromatic heterocycles. The molecule has 1 amide bonds. The normalized spacial score (nSPS) is 19.1. The molecule has 1 aliphatic rings. The second-order valence-electron chi connectivity index (χ2n) is 5.86. The van der Waals surface area contributed by atoms with Crippen molar-refractivity contribution in [2.75, 3.05) is 33.7 Å². The van der Waals surface area contributed by atoms with Crippen LogP contribution in [0.25, 0.3) is 0 Å². The number of halogens is 1. The zero-order valence-electron chi connectivity index (χ0n) is 12.8. The van der Waals surface area contributed by atoms with Crippen molar-refractivity contribution in [1.29, 1.82) is 0 Å². The van der Waals surface area contributed by atoms with E-state index in [4.69, 9.17) is 11.6 Å². The highest BCUT2D eigenvalue weighted by molar-refractivity contribution is 6.30. The summed E-state index contributed by atoms with van der Waals surface area (Å²) in [5, 5.41) is 3.65. The van der Waals surface area contributed by atoms with Crippen LogP contribution in [0.5, 0.6) is 0 Å². The Bertz CT molecular complexity index is 478. The van der Waals surface area contributed by atoms with Gasteiger partial charge in [-0.15, -0.1) is 0 Å².